The largest absolute Gasteiger partial charge is 0.468 e. The molecule has 1 saturated heterocycles. The first kappa shape index (κ1) is 23.7. The van der Waals surface area contributed by atoms with E-state index in [0.29, 0.717) is 17.3 Å². The first-order valence-corrected chi connectivity index (χ1v) is 11.8. The van der Waals surface area contributed by atoms with E-state index in [9.17, 15) is 14.0 Å². The fraction of sp³-hybridized carbons (Fsp3) is 0.308. The number of anilines is 1. The maximum absolute atomic E-state index is 13.3. The molecule has 2 N–H and O–H groups in total. The van der Waals surface area contributed by atoms with Gasteiger partial charge in [-0.1, -0.05) is 6.07 Å². The van der Waals surface area contributed by atoms with Gasteiger partial charge in [0.25, 0.3) is 0 Å². The van der Waals surface area contributed by atoms with E-state index in [0.717, 1.165) is 37.4 Å². The van der Waals surface area contributed by atoms with Crippen LogP contribution in [0.2, 0.25) is 0 Å². The number of benzene rings is 2. The summed E-state index contributed by atoms with van der Waals surface area (Å²) in [6.45, 7) is 3.51. The molecule has 188 valence electrons. The summed E-state index contributed by atoms with van der Waals surface area (Å²) in [4.78, 5) is 29.3. The third-order valence-corrected chi connectivity index (χ3v) is 6.37. The molecule has 0 bridgehead atoms. The molecule has 1 fully saturated rings. The van der Waals surface area contributed by atoms with Crippen molar-refractivity contribution in [2.24, 2.45) is 0 Å². The third kappa shape index (κ3) is 5.44. The summed E-state index contributed by atoms with van der Waals surface area (Å²) >= 11 is 0. The molecule has 3 aromatic rings. The van der Waals surface area contributed by atoms with Crippen molar-refractivity contribution in [2.45, 2.75) is 12.6 Å². The SMILES string of the molecule is O=C(NCc1ccc2c(c1)OCO2)C(=O)NC[C@@H](c1ccco1)N1CCN(c2ccc(F)cc2)CC1. The molecule has 2 aromatic carbocycles. The molecule has 0 spiro atoms. The van der Waals surface area contributed by atoms with Gasteiger partial charge in [-0.25, -0.2) is 4.39 Å². The molecule has 1 atom stereocenters. The van der Waals surface area contributed by atoms with E-state index in [-0.39, 0.29) is 31.7 Å². The summed E-state index contributed by atoms with van der Waals surface area (Å²) in [7, 11) is 0. The number of hydrogen-bond acceptors (Lipinski definition) is 7. The van der Waals surface area contributed by atoms with Crippen LogP contribution in [-0.4, -0.2) is 56.2 Å². The number of carbonyl (C=O) groups excluding carboxylic acids is 2. The third-order valence-electron chi connectivity index (χ3n) is 6.37. The standard InChI is InChI=1S/C26H27FN4O5/c27-19-4-6-20(7-5-19)30-9-11-31(12-10-30)21(22-2-1-13-34-22)16-29-26(33)25(32)28-15-18-3-8-23-24(14-18)36-17-35-23/h1-8,13-14,21H,9-12,15-17H2,(H,28,32)(H,29,33)/t21-/m0/s1. The molecule has 0 aliphatic carbocycles. The summed E-state index contributed by atoms with van der Waals surface area (Å²) in [5, 5.41) is 5.38. The number of amides is 2. The van der Waals surface area contributed by atoms with E-state index in [1.165, 1.54) is 12.1 Å². The minimum atomic E-state index is -0.716. The highest BCUT2D eigenvalue weighted by molar-refractivity contribution is 6.35. The molecular formula is C26H27FN4O5. The number of nitrogens with one attached hydrogen (secondary N) is 2. The van der Waals surface area contributed by atoms with E-state index >= 15 is 0 Å². The van der Waals surface area contributed by atoms with Gasteiger partial charge in [-0.05, 0) is 54.1 Å². The van der Waals surface area contributed by atoms with Gasteiger partial charge in [0, 0.05) is 45.0 Å². The van der Waals surface area contributed by atoms with Crippen molar-refractivity contribution in [1.29, 1.82) is 0 Å². The summed E-state index contributed by atoms with van der Waals surface area (Å²) in [5.74, 6) is 0.304. The summed E-state index contributed by atoms with van der Waals surface area (Å²) in [6.07, 6.45) is 1.59. The predicted molar refractivity (Wildman–Crippen MR) is 129 cm³/mol. The monoisotopic (exact) mass is 494 g/mol. The Balaban J connectivity index is 1.14. The maximum Gasteiger partial charge on any atom is 0.309 e. The number of furan rings is 1. The van der Waals surface area contributed by atoms with Crippen LogP contribution >= 0.6 is 0 Å². The van der Waals surface area contributed by atoms with Crippen molar-refractivity contribution >= 4 is 17.5 Å². The van der Waals surface area contributed by atoms with Crippen molar-refractivity contribution < 1.29 is 27.9 Å². The Morgan fingerprint density at radius 2 is 1.67 bits per heavy atom. The van der Waals surface area contributed by atoms with Gasteiger partial charge in [-0.15, -0.1) is 0 Å². The molecule has 3 heterocycles. The van der Waals surface area contributed by atoms with Crippen molar-refractivity contribution in [1.82, 2.24) is 15.5 Å². The van der Waals surface area contributed by atoms with Gasteiger partial charge in [0.2, 0.25) is 6.79 Å². The van der Waals surface area contributed by atoms with Gasteiger partial charge in [-0.2, -0.15) is 0 Å². The quantitative estimate of drug-likeness (QED) is 0.487. The predicted octanol–water partition coefficient (Wildman–Crippen LogP) is 2.44. The highest BCUT2D eigenvalue weighted by Crippen LogP contribution is 2.32. The second-order valence-corrected chi connectivity index (χ2v) is 8.61. The zero-order valence-electron chi connectivity index (χ0n) is 19.6. The van der Waals surface area contributed by atoms with E-state index in [4.69, 9.17) is 13.9 Å². The fourth-order valence-corrected chi connectivity index (χ4v) is 4.42. The minimum absolute atomic E-state index is 0.172. The van der Waals surface area contributed by atoms with Gasteiger partial charge >= 0.3 is 11.8 Å². The average Bonchev–Trinajstić information content (AvgIpc) is 3.60. The zero-order chi connectivity index (χ0) is 24.9. The van der Waals surface area contributed by atoms with Crippen LogP contribution in [0.1, 0.15) is 17.4 Å². The first-order valence-electron chi connectivity index (χ1n) is 11.8. The van der Waals surface area contributed by atoms with Crippen LogP contribution in [0.15, 0.2) is 65.3 Å². The van der Waals surface area contributed by atoms with Gasteiger partial charge in [0.15, 0.2) is 11.5 Å². The van der Waals surface area contributed by atoms with Crippen LogP contribution in [0.25, 0.3) is 0 Å². The Hall–Kier alpha value is -4.05. The summed E-state index contributed by atoms with van der Waals surface area (Å²) < 4.78 is 29.5. The van der Waals surface area contributed by atoms with Crippen LogP contribution in [-0.2, 0) is 16.1 Å². The van der Waals surface area contributed by atoms with E-state index in [1.54, 1.807) is 36.6 Å². The summed E-state index contributed by atoms with van der Waals surface area (Å²) in [5.41, 5.74) is 1.77. The molecule has 10 heteroatoms. The second-order valence-electron chi connectivity index (χ2n) is 8.61. The molecule has 2 aliphatic heterocycles. The van der Waals surface area contributed by atoms with Crippen molar-refractivity contribution in [3.05, 3.63) is 78.0 Å². The Bertz CT molecular complexity index is 1190. The normalized spacial score (nSPS) is 16.0. The Morgan fingerprint density at radius 1 is 0.917 bits per heavy atom. The molecular weight excluding hydrogens is 467 g/mol. The van der Waals surface area contributed by atoms with Crippen molar-refractivity contribution in [2.75, 3.05) is 44.4 Å². The Kier molecular flexibility index (Phi) is 7.03. The number of nitrogens with zero attached hydrogens (tertiary/aromatic N) is 2. The fourth-order valence-electron chi connectivity index (χ4n) is 4.42. The van der Waals surface area contributed by atoms with Crippen molar-refractivity contribution in [3.63, 3.8) is 0 Å². The minimum Gasteiger partial charge on any atom is -0.468 e. The number of ether oxygens (including phenoxy) is 2. The highest BCUT2D eigenvalue weighted by Gasteiger charge is 2.28. The lowest BCUT2D eigenvalue weighted by Gasteiger charge is -2.39. The van der Waals surface area contributed by atoms with Crippen LogP contribution in [0.3, 0.4) is 0 Å². The van der Waals surface area contributed by atoms with Crippen molar-refractivity contribution in [3.8, 4) is 11.5 Å². The molecule has 9 nitrogen and oxygen atoms in total. The van der Waals surface area contributed by atoms with E-state index in [2.05, 4.69) is 20.4 Å². The highest BCUT2D eigenvalue weighted by atomic mass is 19.1. The van der Waals surface area contributed by atoms with Gasteiger partial charge in [0.1, 0.15) is 11.6 Å². The number of rotatable bonds is 7. The summed E-state index contributed by atoms with van der Waals surface area (Å²) in [6, 6.07) is 15.3. The molecule has 1 aromatic heterocycles. The second kappa shape index (κ2) is 10.7. The van der Waals surface area contributed by atoms with Crippen LogP contribution in [0, 0.1) is 5.82 Å². The topological polar surface area (TPSA) is 96.3 Å². The molecule has 0 radical (unpaired) electrons. The Labute approximate surface area is 207 Å². The number of piperazine rings is 1. The maximum atomic E-state index is 13.3. The van der Waals surface area contributed by atoms with Crippen LogP contribution < -0.4 is 25.0 Å². The van der Waals surface area contributed by atoms with E-state index in [1.807, 2.05) is 12.1 Å². The molecule has 0 unspecified atom stereocenters. The average molecular weight is 495 g/mol. The lowest BCUT2D eigenvalue weighted by molar-refractivity contribution is -0.139. The van der Waals surface area contributed by atoms with Gasteiger partial charge in [0.05, 0.1) is 12.3 Å². The Morgan fingerprint density at radius 3 is 2.42 bits per heavy atom. The number of fused-ring (bicyclic) bond motifs is 1. The molecule has 0 saturated carbocycles. The molecule has 2 aliphatic rings. The zero-order valence-corrected chi connectivity index (χ0v) is 19.6. The van der Waals surface area contributed by atoms with Crippen LogP contribution in [0.4, 0.5) is 10.1 Å². The number of carbonyl (C=O) groups is 2. The first-order chi connectivity index (χ1) is 17.6. The lowest BCUT2D eigenvalue weighted by Crippen LogP contribution is -2.50. The molecule has 2 amide bonds. The smallest absolute Gasteiger partial charge is 0.309 e. The molecule has 5 rings (SSSR count). The van der Waals surface area contributed by atoms with Crippen LogP contribution in [0.5, 0.6) is 11.5 Å². The number of hydrogen-bond donors (Lipinski definition) is 2. The number of halogens is 1. The molecule has 36 heavy (non-hydrogen) atoms. The van der Waals surface area contributed by atoms with Gasteiger partial charge in [-0.3, -0.25) is 14.5 Å². The lowest BCUT2D eigenvalue weighted by atomic mass is 10.1. The van der Waals surface area contributed by atoms with E-state index < -0.39 is 11.8 Å². The van der Waals surface area contributed by atoms with Gasteiger partial charge < -0.3 is 29.4 Å².